The Balaban J connectivity index is 1.08. The molecule has 0 aliphatic heterocycles. The predicted octanol–water partition coefficient (Wildman–Crippen LogP) is 13.5. The van der Waals surface area contributed by atoms with E-state index in [1.165, 1.54) is 54.1 Å². The number of benzene rings is 8. The van der Waals surface area contributed by atoms with Crippen LogP contribution in [-0.4, -0.2) is 14.5 Å². The number of rotatable bonds is 4. The molecule has 0 saturated carbocycles. The lowest BCUT2D eigenvalue weighted by molar-refractivity contribution is 0.545. The first-order chi connectivity index (χ1) is 27.8. The molecule has 1 aliphatic carbocycles. The first kappa shape index (κ1) is 31.1. The molecule has 3 aromatic heterocycles. The van der Waals surface area contributed by atoms with E-state index in [9.17, 15) is 0 Å². The van der Waals surface area contributed by atoms with Gasteiger partial charge in [-0.1, -0.05) is 146 Å². The zero-order valence-electron chi connectivity index (χ0n) is 30.4. The summed E-state index contributed by atoms with van der Waals surface area (Å²) in [5.74, 6) is 1.64. The van der Waals surface area contributed by atoms with E-state index in [1.54, 1.807) is 0 Å². The normalized spacial score (nSPS) is 13.0. The minimum atomic E-state index is 0.684. The monoisotopic (exact) mass is 715 g/mol. The van der Waals surface area contributed by atoms with Crippen molar-refractivity contribution >= 4 is 70.8 Å². The summed E-state index contributed by atoms with van der Waals surface area (Å²) in [6.07, 6.45) is 4.04. The molecule has 8 aromatic carbocycles. The minimum absolute atomic E-state index is 0.684. The number of aryl methyl sites for hydroxylation is 1. The van der Waals surface area contributed by atoms with E-state index < -0.39 is 0 Å². The van der Waals surface area contributed by atoms with Gasteiger partial charge in [0.2, 0.25) is 0 Å². The van der Waals surface area contributed by atoms with Crippen LogP contribution in [0.15, 0.2) is 180 Å². The summed E-state index contributed by atoms with van der Waals surface area (Å²) in [5.41, 5.74) is 11.2. The molecule has 0 atom stereocenters. The summed E-state index contributed by atoms with van der Waals surface area (Å²) in [7, 11) is 0. The van der Waals surface area contributed by atoms with Crippen LogP contribution in [0.3, 0.4) is 0 Å². The summed E-state index contributed by atoms with van der Waals surface area (Å²) in [5, 5.41) is 9.91. The lowest BCUT2D eigenvalue weighted by Crippen LogP contribution is -2.01. The van der Waals surface area contributed by atoms with E-state index in [2.05, 4.69) is 162 Å². The molecule has 0 N–H and O–H groups in total. The molecule has 4 nitrogen and oxygen atoms in total. The second-order valence-electron chi connectivity index (χ2n) is 14.8. The smallest absolute Gasteiger partial charge is 0.179 e. The zero-order valence-corrected chi connectivity index (χ0v) is 30.4. The number of para-hydroxylation sites is 2. The number of nitrogens with zero attached hydrogens (tertiary/aromatic N) is 3. The van der Waals surface area contributed by atoms with E-state index in [4.69, 9.17) is 14.4 Å². The molecular weight excluding hydrogens is 683 g/mol. The standard InChI is InChI=1S/C52H33N3O/c1-2-14-32(15-3-1)52-53-49(34-28-29-41-39-20-5-4-18-37(39)38-19-6-7-21-40(38)44(41)31-34)51-50(54-52)48-36(24-13-27-47(48)56-51)33-16-12-17-35(30-33)55-45-25-10-8-22-42(45)43-23-9-11-26-46(43)55/h1-12,14-26,28-31H,13,27H2. The third-order valence-corrected chi connectivity index (χ3v) is 11.6. The molecule has 56 heavy (non-hydrogen) atoms. The third kappa shape index (κ3) is 4.59. The molecule has 11 aromatic rings. The van der Waals surface area contributed by atoms with Gasteiger partial charge in [-0.2, -0.15) is 0 Å². The second kappa shape index (κ2) is 12.1. The summed E-state index contributed by atoms with van der Waals surface area (Å²) in [4.78, 5) is 10.6. The van der Waals surface area contributed by atoms with Crippen molar-refractivity contribution in [2.45, 2.75) is 12.8 Å². The first-order valence-electron chi connectivity index (χ1n) is 19.3. The molecule has 4 heteroatoms. The third-order valence-electron chi connectivity index (χ3n) is 11.6. The Labute approximate surface area is 322 Å². The van der Waals surface area contributed by atoms with Crippen LogP contribution >= 0.6 is 0 Å². The summed E-state index contributed by atoms with van der Waals surface area (Å²) < 4.78 is 9.32. The average Bonchev–Trinajstić information content (AvgIpc) is 3.82. The fraction of sp³-hybridized carbons (Fsp3) is 0.0385. The topological polar surface area (TPSA) is 43.9 Å². The number of hydrogen-bond acceptors (Lipinski definition) is 3. The Morgan fingerprint density at radius 1 is 0.464 bits per heavy atom. The lowest BCUT2D eigenvalue weighted by Gasteiger charge is -2.16. The maximum Gasteiger partial charge on any atom is 0.179 e. The fourth-order valence-electron chi connectivity index (χ4n) is 9.17. The SMILES string of the molecule is C1=C(c2cccc(-n3c4ccccc4c4ccccc43)c2)c2c(oc3c(-c4ccc5c6ccccc6c6ccccc6c5c4)nc(-c4ccccc4)nc23)CC1. The van der Waals surface area contributed by atoms with E-state index in [1.807, 2.05) is 18.2 Å². The van der Waals surface area contributed by atoms with Gasteiger partial charge in [-0.05, 0) is 80.2 Å². The molecule has 1 aliphatic rings. The van der Waals surface area contributed by atoms with Gasteiger partial charge in [0.05, 0.1) is 16.6 Å². The average molecular weight is 716 g/mol. The number of aromatic nitrogens is 3. The lowest BCUT2D eigenvalue weighted by atomic mass is 9.90. The van der Waals surface area contributed by atoms with Gasteiger partial charge in [-0.15, -0.1) is 0 Å². The highest BCUT2D eigenvalue weighted by atomic mass is 16.3. The van der Waals surface area contributed by atoms with E-state index >= 15 is 0 Å². The van der Waals surface area contributed by atoms with Crippen LogP contribution in [0.1, 0.15) is 23.3 Å². The molecule has 0 spiro atoms. The highest BCUT2D eigenvalue weighted by Crippen LogP contribution is 2.44. The molecule has 3 heterocycles. The summed E-state index contributed by atoms with van der Waals surface area (Å²) in [6.45, 7) is 0. The van der Waals surface area contributed by atoms with Gasteiger partial charge in [-0.3, -0.25) is 0 Å². The number of allylic oxidation sites excluding steroid dienone is 1. The van der Waals surface area contributed by atoms with Gasteiger partial charge in [-0.25, -0.2) is 9.97 Å². The van der Waals surface area contributed by atoms with Crippen LogP contribution in [0.25, 0.3) is 99.1 Å². The van der Waals surface area contributed by atoms with Crippen molar-refractivity contribution in [2.75, 3.05) is 0 Å². The Bertz CT molecular complexity index is 3330. The number of hydrogen-bond donors (Lipinski definition) is 0. The van der Waals surface area contributed by atoms with Crippen molar-refractivity contribution in [2.24, 2.45) is 0 Å². The van der Waals surface area contributed by atoms with Gasteiger partial charge in [0.1, 0.15) is 17.0 Å². The summed E-state index contributed by atoms with van der Waals surface area (Å²) in [6, 6.07) is 60.7. The Morgan fingerprint density at radius 2 is 1.05 bits per heavy atom. The van der Waals surface area contributed by atoms with Gasteiger partial charge in [0.25, 0.3) is 0 Å². The molecule has 0 unspecified atom stereocenters. The van der Waals surface area contributed by atoms with E-state index in [-0.39, 0.29) is 0 Å². The molecular formula is C52H33N3O. The largest absolute Gasteiger partial charge is 0.456 e. The van der Waals surface area contributed by atoms with Crippen molar-refractivity contribution in [3.05, 3.63) is 193 Å². The van der Waals surface area contributed by atoms with Gasteiger partial charge in [0.15, 0.2) is 11.4 Å². The molecule has 0 amide bonds. The van der Waals surface area contributed by atoms with Crippen LogP contribution in [0, 0.1) is 0 Å². The van der Waals surface area contributed by atoms with Gasteiger partial charge in [0, 0.05) is 34.0 Å². The van der Waals surface area contributed by atoms with Crippen LogP contribution in [0.5, 0.6) is 0 Å². The summed E-state index contributed by atoms with van der Waals surface area (Å²) >= 11 is 0. The fourth-order valence-corrected chi connectivity index (χ4v) is 9.17. The van der Waals surface area contributed by atoms with Crippen LogP contribution < -0.4 is 0 Å². The van der Waals surface area contributed by atoms with Crippen molar-refractivity contribution in [1.82, 2.24) is 14.5 Å². The number of fused-ring (bicyclic) bond motifs is 12. The Morgan fingerprint density at radius 3 is 1.75 bits per heavy atom. The van der Waals surface area contributed by atoms with Crippen LogP contribution in [0.4, 0.5) is 0 Å². The minimum Gasteiger partial charge on any atom is -0.456 e. The van der Waals surface area contributed by atoms with E-state index in [0.29, 0.717) is 5.82 Å². The first-order valence-corrected chi connectivity index (χ1v) is 19.3. The second-order valence-corrected chi connectivity index (χ2v) is 14.8. The van der Waals surface area contributed by atoms with Crippen molar-refractivity contribution in [3.8, 4) is 28.3 Å². The highest BCUT2D eigenvalue weighted by Gasteiger charge is 2.27. The van der Waals surface area contributed by atoms with Crippen LogP contribution in [-0.2, 0) is 6.42 Å². The van der Waals surface area contributed by atoms with Crippen molar-refractivity contribution < 1.29 is 4.42 Å². The van der Waals surface area contributed by atoms with Crippen molar-refractivity contribution in [3.63, 3.8) is 0 Å². The van der Waals surface area contributed by atoms with Crippen molar-refractivity contribution in [1.29, 1.82) is 0 Å². The van der Waals surface area contributed by atoms with Gasteiger partial charge < -0.3 is 8.98 Å². The molecule has 0 bridgehead atoms. The molecule has 12 rings (SSSR count). The Kier molecular flexibility index (Phi) is 6.72. The molecule has 0 saturated heterocycles. The van der Waals surface area contributed by atoms with Crippen LogP contribution in [0.2, 0.25) is 0 Å². The quantitative estimate of drug-likeness (QED) is 0.170. The number of furan rings is 1. The predicted molar refractivity (Wildman–Crippen MR) is 231 cm³/mol. The molecule has 0 fully saturated rings. The van der Waals surface area contributed by atoms with Gasteiger partial charge >= 0.3 is 0 Å². The Hall–Kier alpha value is -7.30. The van der Waals surface area contributed by atoms with E-state index in [0.717, 1.165) is 68.9 Å². The highest BCUT2D eigenvalue weighted by molar-refractivity contribution is 6.26. The molecule has 0 radical (unpaired) electrons. The maximum atomic E-state index is 6.94. The zero-order chi connectivity index (χ0) is 36.7. The maximum absolute atomic E-state index is 6.94. The molecule has 262 valence electrons.